The number of nitrogens with zero attached hydrogens (tertiary/aromatic N) is 4. The van der Waals surface area contributed by atoms with Gasteiger partial charge in [0.1, 0.15) is 0 Å². The molecule has 1 aromatic heterocycles. The molecule has 1 amide bonds. The highest BCUT2D eigenvalue weighted by molar-refractivity contribution is 5.75. The molecular formula is C16H21N5O2. The van der Waals surface area contributed by atoms with Gasteiger partial charge < -0.3 is 10.3 Å². The molecule has 0 atom stereocenters. The van der Waals surface area contributed by atoms with Crippen molar-refractivity contribution in [2.75, 3.05) is 32.7 Å². The number of aromatic nitrogens is 2. The molecule has 7 nitrogen and oxygen atoms in total. The first-order valence-corrected chi connectivity index (χ1v) is 7.77. The van der Waals surface area contributed by atoms with Crippen LogP contribution in [0.25, 0.3) is 0 Å². The van der Waals surface area contributed by atoms with Crippen LogP contribution < -0.4 is 5.73 Å². The molecule has 23 heavy (non-hydrogen) atoms. The van der Waals surface area contributed by atoms with Gasteiger partial charge in [0.25, 0.3) is 0 Å². The van der Waals surface area contributed by atoms with Crippen molar-refractivity contribution < 1.29 is 9.32 Å². The number of benzene rings is 1. The van der Waals surface area contributed by atoms with Crippen molar-refractivity contribution in [1.82, 2.24) is 19.9 Å². The topological polar surface area (TPSA) is 88.5 Å². The van der Waals surface area contributed by atoms with Gasteiger partial charge in [-0.3, -0.25) is 14.6 Å². The summed E-state index contributed by atoms with van der Waals surface area (Å²) in [4.78, 5) is 19.7. The number of nitrogens with two attached hydrogens (primary N) is 1. The third-order valence-corrected chi connectivity index (χ3v) is 3.92. The molecule has 3 rings (SSSR count). The van der Waals surface area contributed by atoms with Gasteiger partial charge in [-0.1, -0.05) is 35.5 Å². The Bertz CT molecular complexity index is 635. The van der Waals surface area contributed by atoms with E-state index in [4.69, 9.17) is 10.3 Å². The molecule has 2 N–H and O–H groups in total. The Kier molecular flexibility index (Phi) is 4.99. The quantitative estimate of drug-likeness (QED) is 0.823. The third-order valence-electron chi connectivity index (χ3n) is 3.92. The predicted octanol–water partition coefficient (Wildman–Crippen LogP) is 0.263. The SMILES string of the molecule is NC(=O)CN1CCN(Cc2nc(Cc3ccccc3)no2)CC1. The lowest BCUT2D eigenvalue weighted by Crippen LogP contribution is -2.48. The monoisotopic (exact) mass is 315 g/mol. The fourth-order valence-electron chi connectivity index (χ4n) is 2.72. The number of primary amides is 1. The van der Waals surface area contributed by atoms with Gasteiger partial charge in [0.05, 0.1) is 13.1 Å². The summed E-state index contributed by atoms with van der Waals surface area (Å²) in [6, 6.07) is 10.1. The Balaban J connectivity index is 1.49. The van der Waals surface area contributed by atoms with Crippen molar-refractivity contribution in [3.8, 4) is 0 Å². The highest BCUT2D eigenvalue weighted by Crippen LogP contribution is 2.10. The van der Waals surface area contributed by atoms with Crippen LogP contribution in [0.4, 0.5) is 0 Å². The van der Waals surface area contributed by atoms with E-state index in [-0.39, 0.29) is 5.91 Å². The molecule has 2 heterocycles. The molecule has 1 saturated heterocycles. The zero-order valence-electron chi connectivity index (χ0n) is 13.0. The fourth-order valence-corrected chi connectivity index (χ4v) is 2.72. The summed E-state index contributed by atoms with van der Waals surface area (Å²) in [6.45, 7) is 4.36. The van der Waals surface area contributed by atoms with Gasteiger partial charge in [0.2, 0.25) is 11.8 Å². The number of carbonyl (C=O) groups excluding carboxylic acids is 1. The second-order valence-electron chi connectivity index (χ2n) is 5.79. The molecular weight excluding hydrogens is 294 g/mol. The zero-order chi connectivity index (χ0) is 16.1. The second-order valence-corrected chi connectivity index (χ2v) is 5.79. The van der Waals surface area contributed by atoms with Gasteiger partial charge >= 0.3 is 0 Å². The summed E-state index contributed by atoms with van der Waals surface area (Å²) < 4.78 is 5.34. The lowest BCUT2D eigenvalue weighted by molar-refractivity contribution is -0.119. The van der Waals surface area contributed by atoms with Gasteiger partial charge in [-0.2, -0.15) is 4.98 Å². The zero-order valence-corrected chi connectivity index (χ0v) is 13.0. The molecule has 1 aliphatic heterocycles. The van der Waals surface area contributed by atoms with E-state index in [1.807, 2.05) is 30.3 Å². The lowest BCUT2D eigenvalue weighted by Gasteiger charge is -2.32. The normalized spacial score (nSPS) is 16.5. The van der Waals surface area contributed by atoms with Gasteiger partial charge in [0, 0.05) is 32.6 Å². The number of hydrogen-bond donors (Lipinski definition) is 1. The molecule has 0 aliphatic carbocycles. The molecule has 0 bridgehead atoms. The number of hydrogen-bond acceptors (Lipinski definition) is 6. The molecule has 1 aliphatic rings. The van der Waals surface area contributed by atoms with E-state index < -0.39 is 0 Å². The van der Waals surface area contributed by atoms with E-state index in [1.165, 1.54) is 5.56 Å². The molecule has 1 fully saturated rings. The van der Waals surface area contributed by atoms with Crippen LogP contribution in [-0.4, -0.2) is 58.6 Å². The molecule has 0 unspecified atom stereocenters. The van der Waals surface area contributed by atoms with Crippen LogP contribution in [0.2, 0.25) is 0 Å². The molecule has 1 aromatic carbocycles. The highest BCUT2D eigenvalue weighted by Gasteiger charge is 2.20. The lowest BCUT2D eigenvalue weighted by atomic mass is 10.1. The fraction of sp³-hybridized carbons (Fsp3) is 0.438. The summed E-state index contributed by atoms with van der Waals surface area (Å²) in [5.74, 6) is 1.07. The van der Waals surface area contributed by atoms with Crippen molar-refractivity contribution in [2.24, 2.45) is 5.73 Å². The molecule has 7 heteroatoms. The summed E-state index contributed by atoms with van der Waals surface area (Å²) in [5.41, 5.74) is 6.39. The van der Waals surface area contributed by atoms with Crippen LogP contribution in [0.3, 0.4) is 0 Å². The molecule has 0 spiro atoms. The van der Waals surface area contributed by atoms with Crippen molar-refractivity contribution in [3.05, 3.63) is 47.6 Å². The maximum atomic E-state index is 10.9. The van der Waals surface area contributed by atoms with E-state index in [2.05, 4.69) is 19.9 Å². The second kappa shape index (κ2) is 7.34. The maximum Gasteiger partial charge on any atom is 0.240 e. The minimum absolute atomic E-state index is 0.277. The molecule has 0 saturated carbocycles. The Morgan fingerprint density at radius 1 is 1.13 bits per heavy atom. The predicted molar refractivity (Wildman–Crippen MR) is 84.5 cm³/mol. The summed E-state index contributed by atoms with van der Waals surface area (Å²) in [5, 5.41) is 4.05. The number of carbonyl (C=O) groups is 1. The summed E-state index contributed by atoms with van der Waals surface area (Å²) in [7, 11) is 0. The van der Waals surface area contributed by atoms with Crippen LogP contribution in [0.15, 0.2) is 34.9 Å². The Morgan fingerprint density at radius 2 is 1.83 bits per heavy atom. The van der Waals surface area contributed by atoms with E-state index >= 15 is 0 Å². The van der Waals surface area contributed by atoms with Gasteiger partial charge in [0.15, 0.2) is 5.82 Å². The van der Waals surface area contributed by atoms with Crippen molar-refractivity contribution in [1.29, 1.82) is 0 Å². The minimum atomic E-state index is -0.277. The minimum Gasteiger partial charge on any atom is -0.369 e. The number of rotatable bonds is 6. The maximum absolute atomic E-state index is 10.9. The first-order valence-electron chi connectivity index (χ1n) is 7.77. The molecule has 2 aromatic rings. The first-order chi connectivity index (χ1) is 11.2. The number of amides is 1. The number of piperazine rings is 1. The van der Waals surface area contributed by atoms with E-state index in [1.54, 1.807) is 0 Å². The average Bonchev–Trinajstić information content (AvgIpc) is 2.97. The van der Waals surface area contributed by atoms with Crippen molar-refractivity contribution >= 4 is 5.91 Å². The average molecular weight is 315 g/mol. The van der Waals surface area contributed by atoms with Crippen LogP contribution in [0, 0.1) is 0 Å². The Hall–Kier alpha value is -2.25. The molecule has 122 valence electrons. The van der Waals surface area contributed by atoms with Crippen LogP contribution in [0.1, 0.15) is 17.3 Å². The van der Waals surface area contributed by atoms with Crippen molar-refractivity contribution in [2.45, 2.75) is 13.0 Å². The third kappa shape index (κ3) is 4.61. The standard InChI is InChI=1S/C16H21N5O2/c17-14(22)11-20-6-8-21(9-7-20)12-16-18-15(19-23-16)10-13-4-2-1-3-5-13/h1-5H,6-12H2,(H2,17,22). The van der Waals surface area contributed by atoms with Crippen LogP contribution in [-0.2, 0) is 17.8 Å². The Labute approximate surface area is 135 Å². The summed E-state index contributed by atoms with van der Waals surface area (Å²) in [6.07, 6.45) is 0.677. The first kappa shape index (κ1) is 15.6. The van der Waals surface area contributed by atoms with Crippen LogP contribution >= 0.6 is 0 Å². The van der Waals surface area contributed by atoms with Gasteiger partial charge in [-0.25, -0.2) is 0 Å². The van der Waals surface area contributed by atoms with Gasteiger partial charge in [-0.05, 0) is 5.56 Å². The molecule has 0 radical (unpaired) electrons. The van der Waals surface area contributed by atoms with E-state index in [9.17, 15) is 4.79 Å². The largest absolute Gasteiger partial charge is 0.369 e. The summed E-state index contributed by atoms with van der Waals surface area (Å²) >= 11 is 0. The smallest absolute Gasteiger partial charge is 0.240 e. The van der Waals surface area contributed by atoms with Gasteiger partial charge in [-0.15, -0.1) is 0 Å². The Morgan fingerprint density at radius 3 is 2.52 bits per heavy atom. The highest BCUT2D eigenvalue weighted by atomic mass is 16.5. The van der Waals surface area contributed by atoms with Crippen LogP contribution in [0.5, 0.6) is 0 Å². The van der Waals surface area contributed by atoms with E-state index in [0.29, 0.717) is 31.2 Å². The van der Waals surface area contributed by atoms with Crippen molar-refractivity contribution in [3.63, 3.8) is 0 Å². The van der Waals surface area contributed by atoms with E-state index in [0.717, 1.165) is 26.2 Å².